The maximum absolute atomic E-state index is 11.6. The van der Waals surface area contributed by atoms with Crippen LogP contribution in [-0.4, -0.2) is 115 Å². The third-order valence-electron chi connectivity index (χ3n) is 20.3. The summed E-state index contributed by atoms with van der Waals surface area (Å²) in [5, 5.41) is 0. The van der Waals surface area contributed by atoms with Crippen LogP contribution < -0.4 is 17.2 Å². The van der Waals surface area contributed by atoms with Crippen molar-refractivity contribution >= 4 is 17.7 Å². The molecule has 5 aliphatic heterocycles. The first-order chi connectivity index (χ1) is 33.5. The molecule has 5 saturated heterocycles. The van der Waals surface area contributed by atoms with Crippen LogP contribution in [0.4, 0.5) is 0 Å². The smallest absolute Gasteiger partial charge is 0.248 e. The molecule has 12 rings (SSSR count). The molecule has 11 nitrogen and oxygen atoms in total. The topological polar surface area (TPSA) is 157 Å². The second kappa shape index (κ2) is 19.4. The van der Waals surface area contributed by atoms with E-state index in [9.17, 15) is 14.4 Å². The summed E-state index contributed by atoms with van der Waals surface area (Å²) in [6, 6.07) is 20.1. The Morgan fingerprint density at radius 3 is 1.13 bits per heavy atom. The number of amides is 3. The molecule has 9 aliphatic rings. The van der Waals surface area contributed by atoms with Gasteiger partial charge in [0.25, 0.3) is 0 Å². The van der Waals surface area contributed by atoms with Gasteiger partial charge in [-0.1, -0.05) is 59.7 Å². The highest BCUT2D eigenvalue weighted by Gasteiger charge is 2.52. The van der Waals surface area contributed by atoms with E-state index in [2.05, 4.69) is 92.6 Å². The van der Waals surface area contributed by atoms with E-state index in [1.165, 1.54) is 91.4 Å². The minimum atomic E-state index is -0.327. The van der Waals surface area contributed by atoms with E-state index < -0.39 is 0 Å². The molecule has 1 saturated carbocycles. The molecule has 11 heteroatoms. The summed E-state index contributed by atoms with van der Waals surface area (Å²) < 4.78 is 11.7. The van der Waals surface area contributed by atoms with Crippen molar-refractivity contribution in [2.24, 2.45) is 40.9 Å². The number of hydrogen-bond acceptors (Lipinski definition) is 8. The van der Waals surface area contributed by atoms with Crippen LogP contribution in [0.1, 0.15) is 164 Å². The van der Waals surface area contributed by atoms with Crippen molar-refractivity contribution in [3.63, 3.8) is 0 Å². The van der Waals surface area contributed by atoms with Gasteiger partial charge in [-0.15, -0.1) is 0 Å². The fourth-order valence-electron chi connectivity index (χ4n) is 15.0. The van der Waals surface area contributed by atoms with Gasteiger partial charge in [0.2, 0.25) is 17.7 Å². The molecule has 0 radical (unpaired) electrons. The molecule has 4 aliphatic carbocycles. The average Bonchev–Trinajstić information content (AvgIpc) is 3.72. The molecule has 6 bridgehead atoms. The number of nitrogens with zero attached hydrogens (tertiary/aromatic N) is 3. The van der Waals surface area contributed by atoms with Gasteiger partial charge in [-0.2, -0.15) is 0 Å². The van der Waals surface area contributed by atoms with Gasteiger partial charge in [-0.25, -0.2) is 0 Å². The van der Waals surface area contributed by atoms with E-state index in [4.69, 9.17) is 26.7 Å². The molecule has 6 N–H and O–H groups in total. The molecule has 3 aromatic carbocycles. The Kier molecular flexibility index (Phi) is 13.7. The van der Waals surface area contributed by atoms with Crippen LogP contribution in [0, 0.1) is 23.7 Å². The third-order valence-corrected chi connectivity index (χ3v) is 20.3. The zero-order chi connectivity index (χ0) is 49.3. The Labute approximate surface area is 417 Å². The molecule has 0 aromatic heterocycles. The van der Waals surface area contributed by atoms with E-state index in [1.54, 1.807) is 0 Å². The number of piperidine rings is 3. The van der Waals surface area contributed by atoms with Crippen LogP contribution in [-0.2, 0) is 45.0 Å². The van der Waals surface area contributed by atoms with E-state index >= 15 is 0 Å². The largest absolute Gasteiger partial charge is 0.377 e. The lowest BCUT2D eigenvalue weighted by atomic mass is 9.59. The zero-order valence-electron chi connectivity index (χ0n) is 43.1. The molecule has 3 amide bonds. The highest BCUT2D eigenvalue weighted by Crippen LogP contribution is 2.52. The molecule has 6 fully saturated rings. The Morgan fingerprint density at radius 2 is 0.843 bits per heavy atom. The number of hydrogen-bond donors (Lipinski definition) is 3. The Balaban J connectivity index is 0.000000122. The summed E-state index contributed by atoms with van der Waals surface area (Å²) in [6.45, 7) is 23.0. The van der Waals surface area contributed by atoms with Crippen LogP contribution in [0.25, 0.3) is 0 Å². The van der Waals surface area contributed by atoms with Gasteiger partial charge in [-0.3, -0.25) is 29.1 Å². The van der Waals surface area contributed by atoms with Crippen LogP contribution in [0.5, 0.6) is 0 Å². The minimum Gasteiger partial charge on any atom is -0.377 e. The van der Waals surface area contributed by atoms with E-state index in [0.29, 0.717) is 64.8 Å². The monoisotopic (exact) mass is 955 g/mol. The van der Waals surface area contributed by atoms with Crippen molar-refractivity contribution in [3.8, 4) is 0 Å². The highest BCUT2D eigenvalue weighted by atomic mass is 16.5. The number of ether oxygens (including phenoxy) is 2. The molecule has 378 valence electrons. The number of fused-ring (bicyclic) bond motifs is 12. The maximum Gasteiger partial charge on any atom is 0.248 e. The molecule has 11 atom stereocenters. The van der Waals surface area contributed by atoms with Gasteiger partial charge in [0.1, 0.15) is 0 Å². The number of rotatable bonds is 9. The quantitative estimate of drug-likeness (QED) is 0.197. The molecule has 3 aromatic rings. The van der Waals surface area contributed by atoms with Gasteiger partial charge < -0.3 is 26.7 Å². The van der Waals surface area contributed by atoms with Crippen molar-refractivity contribution in [3.05, 3.63) is 105 Å². The summed E-state index contributed by atoms with van der Waals surface area (Å²) in [5.41, 5.74) is 27.2. The molecule has 1 unspecified atom stereocenters. The number of carbonyl (C=O) groups is 3. The normalized spacial score (nSPS) is 35.2. The number of benzene rings is 3. The summed E-state index contributed by atoms with van der Waals surface area (Å²) in [5.74, 6) is 1.77. The lowest BCUT2D eigenvalue weighted by Crippen LogP contribution is -2.59. The second-order valence-corrected chi connectivity index (χ2v) is 24.1. The average molecular weight is 955 g/mol. The molecule has 5 heterocycles. The van der Waals surface area contributed by atoms with Crippen LogP contribution in [0.3, 0.4) is 0 Å². The number of primary amides is 3. The van der Waals surface area contributed by atoms with E-state index in [1.807, 2.05) is 18.2 Å². The van der Waals surface area contributed by atoms with Crippen LogP contribution in [0.15, 0.2) is 54.6 Å². The summed E-state index contributed by atoms with van der Waals surface area (Å²) in [7, 11) is 0. The van der Waals surface area contributed by atoms with Crippen molar-refractivity contribution in [1.29, 1.82) is 0 Å². The first-order valence-electron chi connectivity index (χ1n) is 27.2. The van der Waals surface area contributed by atoms with Gasteiger partial charge in [-0.05, 0) is 206 Å². The SMILES string of the molecule is C[C@H]1C2Cc3ccc(C(N)=O)cc3[C@]1(C)CCN2CC1CC1.C[C@H]1[C@H]2Cc3ccc(C(N)=O)cc3[C@]1(C)CCN2C[C@@H]1CCCO1.C[C@H]1[C@H]2Cc3ccc(C(N)=O)cc3[C@]1(C)CCN2C[C@H]1CCCO1. The zero-order valence-corrected chi connectivity index (χ0v) is 43.1. The van der Waals surface area contributed by atoms with Gasteiger partial charge in [0.05, 0.1) is 12.2 Å². The Morgan fingerprint density at radius 1 is 0.514 bits per heavy atom. The molecular formula is C59H82N6O5. The van der Waals surface area contributed by atoms with Crippen molar-refractivity contribution < 1.29 is 23.9 Å². The summed E-state index contributed by atoms with van der Waals surface area (Å²) >= 11 is 0. The Bertz CT molecular complexity index is 2350. The predicted octanol–water partition coefficient (Wildman–Crippen LogP) is 7.70. The standard InChI is InChI=1S/2C20H28N2O2.C19H26N2O/c2*1-13-18-11-14-5-6-15(19(21)23)10-17(14)20(13,2)7-8-22(18)12-16-4-3-9-24-16;1-12-17-10-14-5-6-15(18(20)22)9-16(14)19(12,2)7-8-21(17)11-13-3-4-13/h2*5-6,10,13,16,18H,3-4,7-9,11-12H2,1-2H3,(H2,21,23);5-6,9,12-13,17H,3-4,7-8,10-11H2,1-2H3,(H2,20,22)/t13-,16+,18+,20+;13-,16-,18+,20+;12-,17?,19+/m000/s1. The van der Waals surface area contributed by atoms with E-state index in [0.717, 1.165) is 77.4 Å². The maximum atomic E-state index is 11.6. The van der Waals surface area contributed by atoms with Crippen LogP contribution >= 0.6 is 0 Å². The first kappa shape index (κ1) is 49.4. The Hall–Kier alpha value is -4.13. The lowest BCUT2D eigenvalue weighted by molar-refractivity contribution is -0.00667. The van der Waals surface area contributed by atoms with Crippen molar-refractivity contribution in [2.45, 2.75) is 165 Å². The van der Waals surface area contributed by atoms with Crippen molar-refractivity contribution in [1.82, 2.24) is 14.7 Å². The van der Waals surface area contributed by atoms with Gasteiger partial charge in [0, 0.05) is 67.7 Å². The summed E-state index contributed by atoms with van der Waals surface area (Å²) in [6.07, 6.45) is 15.2. The number of likely N-dealkylation sites (tertiary alicyclic amines) is 3. The molecular weight excluding hydrogens is 873 g/mol. The summed E-state index contributed by atoms with van der Waals surface area (Å²) in [4.78, 5) is 42.8. The third kappa shape index (κ3) is 9.18. The van der Waals surface area contributed by atoms with Crippen molar-refractivity contribution in [2.75, 3.05) is 52.5 Å². The number of carbonyl (C=O) groups excluding carboxylic acids is 3. The lowest BCUT2D eigenvalue weighted by Gasteiger charge is -2.55. The van der Waals surface area contributed by atoms with E-state index in [-0.39, 0.29) is 34.0 Å². The second-order valence-electron chi connectivity index (χ2n) is 24.1. The minimum absolute atomic E-state index is 0.136. The molecule has 70 heavy (non-hydrogen) atoms. The van der Waals surface area contributed by atoms with Gasteiger partial charge in [0.15, 0.2) is 0 Å². The highest BCUT2D eigenvalue weighted by molar-refractivity contribution is 5.94. The number of nitrogens with two attached hydrogens (primary N) is 3. The first-order valence-corrected chi connectivity index (χ1v) is 27.2. The fourth-order valence-corrected chi connectivity index (χ4v) is 15.0. The van der Waals surface area contributed by atoms with Gasteiger partial charge >= 0.3 is 0 Å². The fraction of sp³-hybridized carbons (Fsp3) is 0.644. The molecule has 0 spiro atoms. The predicted molar refractivity (Wildman–Crippen MR) is 276 cm³/mol. The van der Waals surface area contributed by atoms with Crippen LogP contribution in [0.2, 0.25) is 0 Å².